The Labute approximate surface area is 103 Å². The number of rotatable bonds is 5. The first-order chi connectivity index (χ1) is 8.50. The van der Waals surface area contributed by atoms with Crippen LogP contribution in [0.3, 0.4) is 0 Å². The summed E-state index contributed by atoms with van der Waals surface area (Å²) in [5, 5.41) is 10.9. The number of nitrogens with one attached hydrogen (secondary N) is 1. The highest BCUT2D eigenvalue weighted by atomic mass is 16.4. The summed E-state index contributed by atoms with van der Waals surface area (Å²) >= 11 is 0. The second-order valence-corrected chi connectivity index (χ2v) is 3.54. The lowest BCUT2D eigenvalue weighted by atomic mass is 10.3. The highest BCUT2D eigenvalue weighted by molar-refractivity contribution is 5.95. The van der Waals surface area contributed by atoms with Crippen LogP contribution in [0.25, 0.3) is 0 Å². The van der Waals surface area contributed by atoms with Crippen LogP contribution in [0.1, 0.15) is 10.5 Å². The quantitative estimate of drug-likeness (QED) is 0.724. The Balaban J connectivity index is 2.44. The van der Waals surface area contributed by atoms with Gasteiger partial charge in [-0.2, -0.15) is 0 Å². The van der Waals surface area contributed by atoms with Gasteiger partial charge in [0.25, 0.3) is 5.91 Å². The second-order valence-electron chi connectivity index (χ2n) is 3.54. The van der Waals surface area contributed by atoms with Crippen molar-refractivity contribution in [1.29, 1.82) is 0 Å². The first-order valence-electron chi connectivity index (χ1n) is 5.15. The van der Waals surface area contributed by atoms with E-state index in [0.717, 1.165) is 4.90 Å². The molecule has 0 radical (unpaired) electrons. The van der Waals surface area contributed by atoms with E-state index in [1.807, 2.05) is 0 Å². The maximum Gasteiger partial charge on any atom is 0.323 e. The molecular weight excluding hydrogens is 238 g/mol. The molecule has 0 saturated heterocycles. The number of pyridine rings is 1. The van der Waals surface area contributed by atoms with Gasteiger partial charge in [0.1, 0.15) is 12.2 Å². The molecule has 0 bridgehead atoms. The SMILES string of the molecule is CN(CC(=O)O)C(=O)CNC(=O)c1ccccn1. The Bertz CT molecular complexity index is 447. The van der Waals surface area contributed by atoms with Crippen LogP contribution >= 0.6 is 0 Å². The number of amides is 2. The summed E-state index contributed by atoms with van der Waals surface area (Å²) in [5.41, 5.74) is 0.200. The zero-order chi connectivity index (χ0) is 13.5. The Morgan fingerprint density at radius 1 is 1.39 bits per heavy atom. The molecule has 0 aromatic carbocycles. The summed E-state index contributed by atoms with van der Waals surface area (Å²) in [5.74, 6) is -2.07. The largest absolute Gasteiger partial charge is 0.480 e. The minimum absolute atomic E-state index is 0.200. The average Bonchev–Trinajstić information content (AvgIpc) is 2.35. The van der Waals surface area contributed by atoms with Gasteiger partial charge in [-0.3, -0.25) is 19.4 Å². The van der Waals surface area contributed by atoms with Crippen molar-refractivity contribution in [1.82, 2.24) is 15.2 Å². The molecular formula is C11H13N3O4. The molecule has 7 heteroatoms. The Kier molecular flexibility index (Phi) is 4.79. The molecule has 0 aliphatic rings. The molecule has 2 amide bonds. The van der Waals surface area contributed by atoms with E-state index in [1.54, 1.807) is 12.1 Å². The molecule has 1 rings (SSSR count). The molecule has 1 heterocycles. The molecule has 0 fully saturated rings. The third-order valence-corrected chi connectivity index (χ3v) is 2.10. The van der Waals surface area contributed by atoms with Crippen molar-refractivity contribution in [3.05, 3.63) is 30.1 Å². The minimum Gasteiger partial charge on any atom is -0.480 e. The molecule has 96 valence electrons. The topological polar surface area (TPSA) is 99.6 Å². The number of aromatic nitrogens is 1. The van der Waals surface area contributed by atoms with Crippen molar-refractivity contribution >= 4 is 17.8 Å². The number of nitrogens with zero attached hydrogens (tertiary/aromatic N) is 2. The first kappa shape index (κ1) is 13.6. The lowest BCUT2D eigenvalue weighted by molar-refractivity contribution is -0.143. The van der Waals surface area contributed by atoms with Crippen LogP contribution in [-0.4, -0.2) is 52.9 Å². The number of likely N-dealkylation sites (N-methyl/N-ethyl adjacent to an activating group) is 1. The van der Waals surface area contributed by atoms with Crippen LogP contribution in [-0.2, 0) is 9.59 Å². The summed E-state index contributed by atoms with van der Waals surface area (Å²) < 4.78 is 0. The second kappa shape index (κ2) is 6.33. The third-order valence-electron chi connectivity index (χ3n) is 2.10. The van der Waals surface area contributed by atoms with E-state index in [-0.39, 0.29) is 12.2 Å². The van der Waals surface area contributed by atoms with Crippen LogP contribution in [0.4, 0.5) is 0 Å². The smallest absolute Gasteiger partial charge is 0.323 e. The molecule has 7 nitrogen and oxygen atoms in total. The summed E-state index contributed by atoms with van der Waals surface area (Å²) in [4.78, 5) is 38.2. The van der Waals surface area contributed by atoms with Crippen molar-refractivity contribution in [2.75, 3.05) is 20.1 Å². The van der Waals surface area contributed by atoms with Gasteiger partial charge in [0.2, 0.25) is 5.91 Å². The molecule has 1 aromatic rings. The molecule has 2 N–H and O–H groups in total. The van der Waals surface area contributed by atoms with Gasteiger partial charge in [0.15, 0.2) is 0 Å². The van der Waals surface area contributed by atoms with Crippen LogP contribution in [0.5, 0.6) is 0 Å². The zero-order valence-corrected chi connectivity index (χ0v) is 9.79. The molecule has 0 atom stereocenters. The number of hydrogen-bond donors (Lipinski definition) is 2. The van der Waals surface area contributed by atoms with Gasteiger partial charge in [-0.05, 0) is 12.1 Å². The van der Waals surface area contributed by atoms with Crippen LogP contribution in [0.15, 0.2) is 24.4 Å². The number of hydrogen-bond acceptors (Lipinski definition) is 4. The van der Waals surface area contributed by atoms with Crippen molar-refractivity contribution in [3.63, 3.8) is 0 Å². The Morgan fingerprint density at radius 2 is 2.11 bits per heavy atom. The van der Waals surface area contributed by atoms with Crippen LogP contribution < -0.4 is 5.32 Å². The lowest BCUT2D eigenvalue weighted by Crippen LogP contribution is -2.40. The monoisotopic (exact) mass is 251 g/mol. The van der Waals surface area contributed by atoms with Crippen molar-refractivity contribution < 1.29 is 19.5 Å². The van der Waals surface area contributed by atoms with Gasteiger partial charge in [-0.25, -0.2) is 0 Å². The highest BCUT2D eigenvalue weighted by Crippen LogP contribution is 1.92. The van der Waals surface area contributed by atoms with Gasteiger partial charge in [0, 0.05) is 13.2 Å². The average molecular weight is 251 g/mol. The highest BCUT2D eigenvalue weighted by Gasteiger charge is 2.13. The number of aliphatic carboxylic acids is 1. The first-order valence-corrected chi connectivity index (χ1v) is 5.15. The van der Waals surface area contributed by atoms with Crippen molar-refractivity contribution in [2.45, 2.75) is 0 Å². The number of carbonyl (C=O) groups excluding carboxylic acids is 2. The van der Waals surface area contributed by atoms with E-state index in [1.165, 1.54) is 19.3 Å². The van der Waals surface area contributed by atoms with E-state index >= 15 is 0 Å². The minimum atomic E-state index is -1.11. The zero-order valence-electron chi connectivity index (χ0n) is 9.79. The van der Waals surface area contributed by atoms with Crippen LogP contribution in [0, 0.1) is 0 Å². The fourth-order valence-electron chi connectivity index (χ4n) is 1.17. The van der Waals surface area contributed by atoms with Gasteiger partial charge in [-0.1, -0.05) is 6.07 Å². The Morgan fingerprint density at radius 3 is 2.67 bits per heavy atom. The fourth-order valence-corrected chi connectivity index (χ4v) is 1.17. The van der Waals surface area contributed by atoms with E-state index in [0.29, 0.717) is 0 Å². The molecule has 1 aromatic heterocycles. The third kappa shape index (κ3) is 4.20. The molecule has 0 unspecified atom stereocenters. The van der Waals surface area contributed by atoms with Crippen molar-refractivity contribution in [3.8, 4) is 0 Å². The van der Waals surface area contributed by atoms with Crippen LogP contribution in [0.2, 0.25) is 0 Å². The van der Waals surface area contributed by atoms with E-state index in [4.69, 9.17) is 5.11 Å². The molecule has 18 heavy (non-hydrogen) atoms. The number of carboxylic acid groups (broad SMARTS) is 1. The molecule has 0 saturated carbocycles. The standard InChI is InChI=1S/C11H13N3O4/c1-14(7-10(16)17)9(15)6-13-11(18)8-4-2-3-5-12-8/h2-5H,6-7H2,1H3,(H,13,18)(H,16,17). The number of carbonyl (C=O) groups is 3. The lowest BCUT2D eigenvalue weighted by Gasteiger charge is -2.14. The summed E-state index contributed by atoms with van der Waals surface area (Å²) in [6.07, 6.45) is 1.47. The summed E-state index contributed by atoms with van der Waals surface area (Å²) in [7, 11) is 1.35. The van der Waals surface area contributed by atoms with Gasteiger partial charge >= 0.3 is 5.97 Å². The Hall–Kier alpha value is -2.44. The van der Waals surface area contributed by atoms with Gasteiger partial charge in [0.05, 0.1) is 6.54 Å². The van der Waals surface area contributed by atoms with E-state index in [2.05, 4.69) is 10.3 Å². The predicted molar refractivity (Wildman–Crippen MR) is 61.8 cm³/mol. The maximum atomic E-state index is 11.5. The summed E-state index contributed by atoms with van der Waals surface area (Å²) in [6.45, 7) is -0.669. The predicted octanol–water partition coefficient (Wildman–Crippen LogP) is -0.646. The van der Waals surface area contributed by atoms with E-state index < -0.39 is 24.3 Å². The van der Waals surface area contributed by atoms with Gasteiger partial charge in [-0.15, -0.1) is 0 Å². The fraction of sp³-hybridized carbons (Fsp3) is 0.273. The van der Waals surface area contributed by atoms with Crippen molar-refractivity contribution in [2.24, 2.45) is 0 Å². The van der Waals surface area contributed by atoms with E-state index in [9.17, 15) is 14.4 Å². The summed E-state index contributed by atoms with van der Waals surface area (Å²) in [6, 6.07) is 4.84. The van der Waals surface area contributed by atoms with Gasteiger partial charge < -0.3 is 15.3 Å². The molecule has 0 aliphatic carbocycles. The maximum absolute atomic E-state index is 11.5. The molecule has 0 spiro atoms. The molecule has 0 aliphatic heterocycles. The normalized spacial score (nSPS) is 9.61. The number of carboxylic acids is 1.